The molecule has 2 aliphatic rings. The first kappa shape index (κ1) is 21.1. The van der Waals surface area contributed by atoms with Crippen LogP contribution in [0.2, 0.25) is 0 Å². The van der Waals surface area contributed by atoms with Crippen molar-refractivity contribution in [2.45, 2.75) is 50.4 Å². The number of nitrogens with one attached hydrogen (secondary N) is 1. The number of halogens is 1. The van der Waals surface area contributed by atoms with Gasteiger partial charge in [0.25, 0.3) is 0 Å². The van der Waals surface area contributed by atoms with Gasteiger partial charge in [0.2, 0.25) is 11.9 Å². The third kappa shape index (κ3) is 5.31. The number of piperidine rings is 1. The van der Waals surface area contributed by atoms with Crippen LogP contribution in [0.15, 0.2) is 29.4 Å². The Morgan fingerprint density at radius 3 is 2.70 bits per heavy atom. The van der Waals surface area contributed by atoms with E-state index in [0.29, 0.717) is 12.2 Å². The van der Waals surface area contributed by atoms with E-state index >= 15 is 0 Å². The molecule has 0 radical (unpaired) electrons. The summed E-state index contributed by atoms with van der Waals surface area (Å²) in [7, 11) is 0. The monoisotopic (exact) mass is 433 g/mol. The number of carbonyl (C=O) groups is 1. The number of carbonyl (C=O) groups excluding carboxylic acids is 1. The average molecular weight is 434 g/mol. The Kier molecular flexibility index (Phi) is 6.89. The first-order valence-electron chi connectivity index (χ1n) is 10.6. The molecule has 162 valence electrons. The van der Waals surface area contributed by atoms with Crippen LogP contribution in [0, 0.1) is 11.7 Å². The van der Waals surface area contributed by atoms with Gasteiger partial charge in [0.1, 0.15) is 5.82 Å². The average Bonchev–Trinajstić information content (AvgIpc) is 3.39. The molecular formula is C21H28FN5O2S. The Labute approximate surface area is 180 Å². The number of amides is 1. The second-order valence-corrected chi connectivity index (χ2v) is 8.98. The summed E-state index contributed by atoms with van der Waals surface area (Å²) in [5.74, 6) is 1.33. The second kappa shape index (κ2) is 9.78. The largest absolute Gasteiger partial charge is 0.376 e. The van der Waals surface area contributed by atoms with Gasteiger partial charge in [-0.15, -0.1) is 10.2 Å². The normalized spacial score (nSPS) is 19.9. The van der Waals surface area contributed by atoms with Crippen molar-refractivity contribution in [1.82, 2.24) is 14.8 Å². The fourth-order valence-electron chi connectivity index (χ4n) is 3.84. The minimum absolute atomic E-state index is 0.161. The van der Waals surface area contributed by atoms with Crippen LogP contribution >= 0.6 is 11.8 Å². The molecule has 1 aromatic carbocycles. The van der Waals surface area contributed by atoms with Crippen LogP contribution < -0.4 is 10.2 Å². The van der Waals surface area contributed by atoms with Crippen LogP contribution in [0.4, 0.5) is 16.0 Å². The highest BCUT2D eigenvalue weighted by Gasteiger charge is 2.26. The zero-order valence-electron chi connectivity index (χ0n) is 17.2. The van der Waals surface area contributed by atoms with Crippen molar-refractivity contribution >= 4 is 29.3 Å². The molecule has 0 saturated carbocycles. The number of benzene rings is 1. The van der Waals surface area contributed by atoms with Gasteiger partial charge in [-0.25, -0.2) is 4.39 Å². The lowest BCUT2D eigenvalue weighted by atomic mass is 10.00. The standard InChI is InChI=1S/C21H28FN5O2S/c1-15-8-10-26(11-9-15)20-24-25-21(27(20)13-18-3-2-12-29-18)30-14-19(28)23-17-6-4-16(22)5-7-17/h4-7,15,18H,2-3,8-14H2,1H3,(H,23,28)/t18-/m1/s1. The van der Waals surface area contributed by atoms with E-state index in [1.54, 1.807) is 12.1 Å². The maximum absolute atomic E-state index is 13.0. The molecule has 1 atom stereocenters. The zero-order valence-corrected chi connectivity index (χ0v) is 18.0. The van der Waals surface area contributed by atoms with Crippen LogP contribution in [0.25, 0.3) is 0 Å². The predicted molar refractivity (Wildman–Crippen MR) is 115 cm³/mol. The number of ether oxygens (including phenoxy) is 1. The highest BCUT2D eigenvalue weighted by molar-refractivity contribution is 7.99. The van der Waals surface area contributed by atoms with E-state index in [9.17, 15) is 9.18 Å². The third-order valence-corrected chi connectivity index (χ3v) is 6.60. The number of anilines is 2. The lowest BCUT2D eigenvalue weighted by Gasteiger charge is -2.31. The van der Waals surface area contributed by atoms with Gasteiger partial charge in [0.05, 0.1) is 18.4 Å². The Morgan fingerprint density at radius 2 is 2.00 bits per heavy atom. The molecule has 2 aliphatic heterocycles. The van der Waals surface area contributed by atoms with Gasteiger partial charge in [-0.05, 0) is 55.9 Å². The lowest BCUT2D eigenvalue weighted by Crippen LogP contribution is -2.35. The van der Waals surface area contributed by atoms with Crippen molar-refractivity contribution in [3.8, 4) is 0 Å². The molecule has 4 rings (SSSR count). The highest BCUT2D eigenvalue weighted by atomic mass is 32.2. The van der Waals surface area contributed by atoms with E-state index in [4.69, 9.17) is 4.74 Å². The van der Waals surface area contributed by atoms with Crippen molar-refractivity contribution in [1.29, 1.82) is 0 Å². The second-order valence-electron chi connectivity index (χ2n) is 8.04. The predicted octanol–water partition coefficient (Wildman–Crippen LogP) is 3.56. The van der Waals surface area contributed by atoms with Crippen molar-refractivity contribution in [3.05, 3.63) is 30.1 Å². The molecular weight excluding hydrogens is 405 g/mol. The van der Waals surface area contributed by atoms with Crippen molar-refractivity contribution < 1.29 is 13.9 Å². The molecule has 30 heavy (non-hydrogen) atoms. The number of hydrogen-bond acceptors (Lipinski definition) is 6. The minimum atomic E-state index is -0.329. The van der Waals surface area contributed by atoms with Crippen LogP contribution in [0.5, 0.6) is 0 Å². The minimum Gasteiger partial charge on any atom is -0.376 e. The van der Waals surface area contributed by atoms with Crippen molar-refractivity contribution in [3.63, 3.8) is 0 Å². The van der Waals surface area contributed by atoms with E-state index < -0.39 is 0 Å². The van der Waals surface area contributed by atoms with Gasteiger partial charge < -0.3 is 15.0 Å². The van der Waals surface area contributed by atoms with E-state index in [1.807, 2.05) is 0 Å². The fourth-order valence-corrected chi connectivity index (χ4v) is 4.59. The number of rotatable bonds is 7. The Bertz CT molecular complexity index is 846. The summed E-state index contributed by atoms with van der Waals surface area (Å²) in [6.45, 7) is 5.73. The molecule has 3 heterocycles. The SMILES string of the molecule is CC1CCN(c2nnc(SCC(=O)Nc3ccc(F)cc3)n2C[C@H]2CCCO2)CC1. The summed E-state index contributed by atoms with van der Waals surface area (Å²) in [5.41, 5.74) is 0.575. The Morgan fingerprint density at radius 1 is 1.23 bits per heavy atom. The number of aromatic nitrogens is 3. The van der Waals surface area contributed by atoms with E-state index in [2.05, 4.69) is 31.9 Å². The smallest absolute Gasteiger partial charge is 0.234 e. The van der Waals surface area contributed by atoms with E-state index in [-0.39, 0.29) is 23.6 Å². The number of hydrogen-bond donors (Lipinski definition) is 1. The first-order chi connectivity index (χ1) is 14.6. The maximum atomic E-state index is 13.0. The van der Waals surface area contributed by atoms with Crippen LogP contribution in [-0.2, 0) is 16.1 Å². The Hall–Kier alpha value is -2.13. The number of nitrogens with zero attached hydrogens (tertiary/aromatic N) is 4. The quantitative estimate of drug-likeness (QED) is 0.673. The van der Waals surface area contributed by atoms with Gasteiger partial charge in [-0.3, -0.25) is 9.36 Å². The summed E-state index contributed by atoms with van der Waals surface area (Å²) in [4.78, 5) is 14.6. The first-order valence-corrected chi connectivity index (χ1v) is 11.5. The summed E-state index contributed by atoms with van der Waals surface area (Å²) < 4.78 is 21.0. The van der Waals surface area contributed by atoms with Gasteiger partial charge in [0, 0.05) is 25.4 Å². The fraction of sp³-hybridized carbons (Fsp3) is 0.571. The van der Waals surface area contributed by atoms with Gasteiger partial charge in [0.15, 0.2) is 5.16 Å². The summed E-state index contributed by atoms with van der Waals surface area (Å²) >= 11 is 1.37. The Balaban J connectivity index is 1.43. The van der Waals surface area contributed by atoms with Crippen molar-refractivity contribution in [2.24, 2.45) is 5.92 Å². The lowest BCUT2D eigenvalue weighted by molar-refractivity contribution is -0.113. The van der Waals surface area contributed by atoms with E-state index in [0.717, 1.165) is 62.4 Å². The van der Waals surface area contributed by atoms with Gasteiger partial charge in [-0.1, -0.05) is 18.7 Å². The molecule has 0 spiro atoms. The molecule has 1 aromatic heterocycles. The zero-order chi connectivity index (χ0) is 20.9. The molecule has 2 aromatic rings. The third-order valence-electron chi connectivity index (χ3n) is 5.63. The van der Waals surface area contributed by atoms with E-state index in [1.165, 1.54) is 23.9 Å². The maximum Gasteiger partial charge on any atom is 0.234 e. The molecule has 0 aliphatic carbocycles. The van der Waals surface area contributed by atoms with Gasteiger partial charge in [-0.2, -0.15) is 0 Å². The van der Waals surface area contributed by atoms with Crippen LogP contribution in [0.1, 0.15) is 32.6 Å². The molecule has 9 heteroatoms. The highest BCUT2D eigenvalue weighted by Crippen LogP contribution is 2.28. The molecule has 1 N–H and O–H groups in total. The molecule has 1 amide bonds. The topological polar surface area (TPSA) is 72.3 Å². The molecule has 7 nitrogen and oxygen atoms in total. The summed E-state index contributed by atoms with van der Waals surface area (Å²) in [6.07, 6.45) is 4.57. The molecule has 2 fully saturated rings. The summed E-state index contributed by atoms with van der Waals surface area (Å²) in [6, 6.07) is 5.75. The van der Waals surface area contributed by atoms with Crippen molar-refractivity contribution in [2.75, 3.05) is 35.7 Å². The summed E-state index contributed by atoms with van der Waals surface area (Å²) in [5, 5.41) is 12.4. The van der Waals surface area contributed by atoms with Crippen LogP contribution in [0.3, 0.4) is 0 Å². The molecule has 2 saturated heterocycles. The molecule has 0 unspecified atom stereocenters. The number of thioether (sulfide) groups is 1. The van der Waals surface area contributed by atoms with Gasteiger partial charge >= 0.3 is 0 Å². The molecule has 0 bridgehead atoms. The van der Waals surface area contributed by atoms with Crippen LogP contribution in [-0.4, -0.2) is 52.2 Å².